The van der Waals surface area contributed by atoms with Crippen LogP contribution in [0.5, 0.6) is 5.75 Å². The van der Waals surface area contributed by atoms with Crippen LogP contribution in [0.4, 0.5) is 0 Å². The van der Waals surface area contributed by atoms with Gasteiger partial charge in [0, 0.05) is 5.75 Å². The number of phenolic OH excluding ortho intramolecular Hbond substituents is 1. The van der Waals surface area contributed by atoms with Crippen LogP contribution in [-0.4, -0.2) is 9.43 Å². The summed E-state index contributed by atoms with van der Waals surface area (Å²) in [6.45, 7) is 12.7. The summed E-state index contributed by atoms with van der Waals surface area (Å²) in [7, 11) is 0. The fourth-order valence-corrected chi connectivity index (χ4v) is 2.73. The number of nitrogens with two attached hydrogens (primary N) is 1. The van der Waals surface area contributed by atoms with E-state index in [4.69, 9.17) is 18.0 Å². The van der Waals surface area contributed by atoms with E-state index in [-0.39, 0.29) is 10.8 Å². The van der Waals surface area contributed by atoms with Gasteiger partial charge in [0.15, 0.2) is 0 Å². The first-order valence-corrected chi connectivity index (χ1v) is 8.11. The SMILES string of the molecule is CC(C)(C)c1cc(CSC(N)=S)cc(C(C)(C)C)c1O. The molecule has 0 aliphatic carbocycles. The molecule has 0 atom stereocenters. The van der Waals surface area contributed by atoms with E-state index in [2.05, 4.69) is 53.7 Å². The molecule has 112 valence electrons. The van der Waals surface area contributed by atoms with Crippen molar-refractivity contribution in [2.24, 2.45) is 5.73 Å². The topological polar surface area (TPSA) is 46.2 Å². The summed E-state index contributed by atoms with van der Waals surface area (Å²) in [6, 6.07) is 4.13. The van der Waals surface area contributed by atoms with Crippen LogP contribution in [0.1, 0.15) is 58.2 Å². The minimum atomic E-state index is -0.103. The van der Waals surface area contributed by atoms with Gasteiger partial charge in [0.1, 0.15) is 10.1 Å². The molecule has 1 rings (SSSR count). The largest absolute Gasteiger partial charge is 0.507 e. The maximum absolute atomic E-state index is 10.6. The molecule has 1 aromatic carbocycles. The van der Waals surface area contributed by atoms with Crippen molar-refractivity contribution in [3.05, 3.63) is 28.8 Å². The van der Waals surface area contributed by atoms with Crippen LogP contribution < -0.4 is 5.73 Å². The summed E-state index contributed by atoms with van der Waals surface area (Å²) in [4.78, 5) is 0. The Labute approximate surface area is 132 Å². The van der Waals surface area contributed by atoms with Crippen molar-refractivity contribution in [2.75, 3.05) is 0 Å². The van der Waals surface area contributed by atoms with Gasteiger partial charge in [-0.05, 0) is 27.5 Å². The monoisotopic (exact) mass is 311 g/mol. The Morgan fingerprint density at radius 3 is 1.80 bits per heavy atom. The quantitative estimate of drug-likeness (QED) is 0.791. The van der Waals surface area contributed by atoms with E-state index in [0.717, 1.165) is 22.4 Å². The number of hydrogen-bond acceptors (Lipinski definition) is 3. The Hall–Kier alpha value is -0.740. The van der Waals surface area contributed by atoms with Gasteiger partial charge in [-0.2, -0.15) is 0 Å². The van der Waals surface area contributed by atoms with Crippen LogP contribution in [0, 0.1) is 0 Å². The van der Waals surface area contributed by atoms with Crippen molar-refractivity contribution >= 4 is 28.3 Å². The Balaban J connectivity index is 3.38. The number of thiocarbonyl (C=S) groups is 1. The minimum absolute atomic E-state index is 0.103. The zero-order valence-electron chi connectivity index (χ0n) is 13.2. The van der Waals surface area contributed by atoms with Crippen LogP contribution in [0.15, 0.2) is 12.1 Å². The number of phenols is 1. The Morgan fingerprint density at radius 2 is 1.50 bits per heavy atom. The fraction of sp³-hybridized carbons (Fsp3) is 0.562. The van der Waals surface area contributed by atoms with Crippen LogP contribution in [-0.2, 0) is 16.6 Å². The molecule has 0 fully saturated rings. The lowest BCUT2D eigenvalue weighted by Gasteiger charge is -2.28. The predicted octanol–water partition coefficient (Wildman–Crippen LogP) is 4.46. The number of thioether (sulfide) groups is 1. The molecule has 0 aliphatic rings. The number of rotatable bonds is 2. The second kappa shape index (κ2) is 5.94. The van der Waals surface area contributed by atoms with Crippen molar-refractivity contribution in [1.29, 1.82) is 0 Å². The molecular weight excluding hydrogens is 286 g/mol. The molecular formula is C16H25NOS2. The molecule has 0 heterocycles. The standard InChI is InChI=1S/C16H25NOS2/c1-15(2,3)11-7-10(9-20-14(17)19)8-12(13(11)18)16(4,5)6/h7-8,18H,9H2,1-6H3,(H2,17,19). The average molecular weight is 312 g/mol. The highest BCUT2D eigenvalue weighted by atomic mass is 32.2. The van der Waals surface area contributed by atoms with Crippen molar-refractivity contribution in [3.8, 4) is 5.75 Å². The molecule has 0 spiro atoms. The Morgan fingerprint density at radius 1 is 1.10 bits per heavy atom. The lowest BCUT2D eigenvalue weighted by molar-refractivity contribution is 0.423. The molecule has 0 radical (unpaired) electrons. The molecule has 20 heavy (non-hydrogen) atoms. The third-order valence-electron chi connectivity index (χ3n) is 3.17. The first kappa shape index (κ1) is 17.3. The molecule has 0 amide bonds. The van der Waals surface area contributed by atoms with Crippen molar-refractivity contribution < 1.29 is 5.11 Å². The van der Waals surface area contributed by atoms with E-state index in [1.807, 2.05) is 0 Å². The molecule has 0 saturated carbocycles. The molecule has 0 saturated heterocycles. The summed E-state index contributed by atoms with van der Waals surface area (Å²) < 4.78 is 0.452. The van der Waals surface area contributed by atoms with Crippen LogP contribution in [0.3, 0.4) is 0 Å². The lowest BCUT2D eigenvalue weighted by Crippen LogP contribution is -2.18. The molecule has 1 aromatic rings. The number of aromatic hydroxyl groups is 1. The molecule has 0 aromatic heterocycles. The van der Waals surface area contributed by atoms with Gasteiger partial charge >= 0.3 is 0 Å². The maximum atomic E-state index is 10.6. The average Bonchev–Trinajstić information content (AvgIpc) is 2.24. The van der Waals surface area contributed by atoms with Gasteiger partial charge in [0.25, 0.3) is 0 Å². The van der Waals surface area contributed by atoms with Gasteiger partial charge in [-0.25, -0.2) is 0 Å². The van der Waals surface area contributed by atoms with Gasteiger partial charge in [0.2, 0.25) is 0 Å². The zero-order valence-corrected chi connectivity index (χ0v) is 14.8. The fourth-order valence-electron chi connectivity index (χ4n) is 2.08. The van der Waals surface area contributed by atoms with E-state index in [1.165, 1.54) is 11.8 Å². The molecule has 2 nitrogen and oxygen atoms in total. The molecule has 3 N–H and O–H groups in total. The minimum Gasteiger partial charge on any atom is -0.507 e. The highest BCUT2D eigenvalue weighted by Crippen LogP contribution is 2.40. The van der Waals surface area contributed by atoms with E-state index >= 15 is 0 Å². The van der Waals surface area contributed by atoms with Crippen molar-refractivity contribution in [3.63, 3.8) is 0 Å². The summed E-state index contributed by atoms with van der Waals surface area (Å²) >= 11 is 6.38. The second-order valence-electron chi connectivity index (χ2n) is 7.15. The first-order valence-electron chi connectivity index (χ1n) is 6.72. The number of benzene rings is 1. The lowest BCUT2D eigenvalue weighted by atomic mass is 9.78. The van der Waals surface area contributed by atoms with E-state index in [1.54, 1.807) is 0 Å². The normalized spacial score (nSPS) is 12.5. The summed E-state index contributed by atoms with van der Waals surface area (Å²) in [5.74, 6) is 1.15. The van der Waals surface area contributed by atoms with Gasteiger partial charge in [-0.1, -0.05) is 77.7 Å². The van der Waals surface area contributed by atoms with E-state index < -0.39 is 0 Å². The Bertz CT molecular complexity index is 475. The number of hydrogen-bond donors (Lipinski definition) is 2. The van der Waals surface area contributed by atoms with E-state index in [9.17, 15) is 5.11 Å². The summed E-state index contributed by atoms with van der Waals surface area (Å²) in [5, 5.41) is 10.6. The van der Waals surface area contributed by atoms with Crippen LogP contribution in [0.2, 0.25) is 0 Å². The highest BCUT2D eigenvalue weighted by molar-refractivity contribution is 8.22. The second-order valence-corrected chi connectivity index (χ2v) is 8.86. The Kier molecular flexibility index (Phi) is 5.14. The molecule has 0 unspecified atom stereocenters. The van der Waals surface area contributed by atoms with Gasteiger partial charge in [-0.15, -0.1) is 0 Å². The summed E-state index contributed by atoms with van der Waals surface area (Å²) in [5.41, 5.74) is 8.46. The van der Waals surface area contributed by atoms with Gasteiger partial charge < -0.3 is 10.8 Å². The smallest absolute Gasteiger partial charge is 0.131 e. The third-order valence-corrected chi connectivity index (χ3v) is 4.28. The maximum Gasteiger partial charge on any atom is 0.131 e. The van der Waals surface area contributed by atoms with Crippen molar-refractivity contribution in [1.82, 2.24) is 0 Å². The third kappa shape index (κ3) is 4.38. The van der Waals surface area contributed by atoms with Gasteiger partial charge in [0.05, 0.1) is 0 Å². The van der Waals surface area contributed by atoms with Crippen molar-refractivity contribution in [2.45, 2.75) is 58.1 Å². The summed E-state index contributed by atoms with van der Waals surface area (Å²) in [6.07, 6.45) is 0. The van der Waals surface area contributed by atoms with E-state index in [0.29, 0.717) is 10.1 Å². The van der Waals surface area contributed by atoms with Crippen LogP contribution >= 0.6 is 24.0 Å². The van der Waals surface area contributed by atoms with Gasteiger partial charge in [-0.3, -0.25) is 0 Å². The first-order chi connectivity index (χ1) is 8.93. The zero-order chi connectivity index (χ0) is 15.7. The molecule has 0 aliphatic heterocycles. The van der Waals surface area contributed by atoms with Crippen LogP contribution in [0.25, 0.3) is 0 Å². The highest BCUT2D eigenvalue weighted by Gasteiger charge is 2.26. The molecule has 0 bridgehead atoms. The molecule has 4 heteroatoms. The predicted molar refractivity (Wildman–Crippen MR) is 93.6 cm³/mol.